The predicted molar refractivity (Wildman–Crippen MR) is 158 cm³/mol. The monoisotopic (exact) mass is 523 g/mol. The highest BCUT2D eigenvalue weighted by molar-refractivity contribution is 5.96. The van der Waals surface area contributed by atoms with Crippen LogP contribution in [0.4, 0.5) is 5.69 Å². The van der Waals surface area contributed by atoms with Crippen LogP contribution in [-0.2, 0) is 6.54 Å². The number of hydrogen-bond donors (Lipinski definition) is 0. The minimum atomic E-state index is 0.146. The molecule has 0 aliphatic carbocycles. The maximum atomic E-state index is 13.5. The molecule has 1 amide bonds. The fourth-order valence-electron chi connectivity index (χ4n) is 5.59. The first-order valence-electron chi connectivity index (χ1n) is 14.3. The van der Waals surface area contributed by atoms with E-state index in [0.29, 0.717) is 5.92 Å². The number of para-hydroxylation sites is 1. The lowest BCUT2D eigenvalue weighted by Gasteiger charge is -2.36. The Bertz CT molecular complexity index is 1300. The number of nitriles is 1. The first-order chi connectivity index (χ1) is 19.0. The molecule has 3 aromatic rings. The molecular formula is C33H41N5O. The average molecular weight is 524 g/mol. The summed E-state index contributed by atoms with van der Waals surface area (Å²) in [5.74, 6) is 0.572. The van der Waals surface area contributed by atoms with Gasteiger partial charge in [0.1, 0.15) is 6.07 Å². The predicted octanol–water partition coefficient (Wildman–Crippen LogP) is 5.94. The van der Waals surface area contributed by atoms with Gasteiger partial charge in [0.2, 0.25) is 0 Å². The SMILES string of the molecule is CC.Cc1cccc(C2CCN(C(=O)c3cc(CN4CCN(c5ccccc5C#N)CC4)ccc3C)CC2)n1. The Balaban J connectivity index is 0.00000172. The fourth-order valence-corrected chi connectivity index (χ4v) is 5.59. The number of nitrogens with zero attached hydrogens (tertiary/aromatic N) is 5. The third-order valence-corrected chi connectivity index (χ3v) is 7.79. The molecule has 1 aromatic heterocycles. The summed E-state index contributed by atoms with van der Waals surface area (Å²) in [6.45, 7) is 14.1. The number of pyridine rings is 1. The van der Waals surface area contributed by atoms with E-state index in [4.69, 9.17) is 4.98 Å². The zero-order chi connectivity index (χ0) is 27.8. The molecule has 3 heterocycles. The van der Waals surface area contributed by atoms with Crippen LogP contribution in [0.15, 0.2) is 60.7 Å². The lowest BCUT2D eigenvalue weighted by molar-refractivity contribution is 0.0711. The molecule has 2 saturated heterocycles. The number of piperidine rings is 1. The second-order valence-corrected chi connectivity index (χ2v) is 10.3. The lowest BCUT2D eigenvalue weighted by Crippen LogP contribution is -2.46. The van der Waals surface area contributed by atoms with Crippen LogP contribution in [0.1, 0.15) is 71.0 Å². The molecule has 0 spiro atoms. The van der Waals surface area contributed by atoms with Crippen LogP contribution in [0.2, 0.25) is 0 Å². The van der Waals surface area contributed by atoms with Crippen LogP contribution >= 0.6 is 0 Å². The van der Waals surface area contributed by atoms with E-state index in [-0.39, 0.29) is 5.91 Å². The molecule has 2 aliphatic rings. The van der Waals surface area contributed by atoms with Crippen molar-refractivity contribution in [1.82, 2.24) is 14.8 Å². The van der Waals surface area contributed by atoms with Crippen LogP contribution in [-0.4, -0.2) is 60.0 Å². The van der Waals surface area contributed by atoms with Gasteiger partial charge in [0, 0.05) is 68.7 Å². The van der Waals surface area contributed by atoms with E-state index in [1.54, 1.807) is 0 Å². The lowest BCUT2D eigenvalue weighted by atomic mass is 9.92. The molecule has 2 fully saturated rings. The average Bonchev–Trinajstić information content (AvgIpc) is 2.99. The summed E-state index contributed by atoms with van der Waals surface area (Å²) in [6, 6.07) is 22.7. The highest BCUT2D eigenvalue weighted by Crippen LogP contribution is 2.28. The minimum Gasteiger partial charge on any atom is -0.368 e. The molecule has 2 aliphatic heterocycles. The van der Waals surface area contributed by atoms with Crippen LogP contribution in [0, 0.1) is 25.2 Å². The summed E-state index contributed by atoms with van der Waals surface area (Å²) in [5.41, 5.74) is 7.00. The van der Waals surface area contributed by atoms with Crippen molar-refractivity contribution in [2.45, 2.75) is 53.0 Å². The number of likely N-dealkylation sites (tertiary alicyclic amines) is 1. The summed E-state index contributed by atoms with van der Waals surface area (Å²) in [4.78, 5) is 25.0. The molecule has 6 heteroatoms. The van der Waals surface area contributed by atoms with E-state index in [9.17, 15) is 10.1 Å². The largest absolute Gasteiger partial charge is 0.368 e. The molecule has 39 heavy (non-hydrogen) atoms. The van der Waals surface area contributed by atoms with E-state index in [2.05, 4.69) is 46.2 Å². The third kappa shape index (κ3) is 6.85. The van der Waals surface area contributed by atoms with Crippen LogP contribution < -0.4 is 4.90 Å². The van der Waals surface area contributed by atoms with Gasteiger partial charge in [0.25, 0.3) is 5.91 Å². The number of amides is 1. The maximum Gasteiger partial charge on any atom is 0.254 e. The number of benzene rings is 2. The van der Waals surface area contributed by atoms with Crippen LogP contribution in [0.3, 0.4) is 0 Å². The zero-order valence-corrected chi connectivity index (χ0v) is 23.9. The topological polar surface area (TPSA) is 63.5 Å². The summed E-state index contributed by atoms with van der Waals surface area (Å²) < 4.78 is 0. The molecule has 204 valence electrons. The molecule has 0 bridgehead atoms. The first kappa shape index (κ1) is 28.3. The third-order valence-electron chi connectivity index (χ3n) is 7.79. The minimum absolute atomic E-state index is 0.146. The Labute approximate surface area is 233 Å². The Morgan fingerprint density at radius 3 is 2.33 bits per heavy atom. The Morgan fingerprint density at radius 1 is 0.923 bits per heavy atom. The normalized spacial score (nSPS) is 16.3. The van der Waals surface area contributed by atoms with E-state index in [1.807, 2.05) is 62.9 Å². The van der Waals surface area contributed by atoms with Gasteiger partial charge in [-0.1, -0.05) is 44.2 Å². The van der Waals surface area contributed by atoms with E-state index in [1.165, 1.54) is 5.56 Å². The molecular weight excluding hydrogens is 482 g/mol. The van der Waals surface area contributed by atoms with Crippen molar-refractivity contribution in [2.75, 3.05) is 44.2 Å². The van der Waals surface area contributed by atoms with Crippen molar-refractivity contribution in [1.29, 1.82) is 5.26 Å². The molecule has 0 N–H and O–H groups in total. The molecule has 0 saturated carbocycles. The van der Waals surface area contributed by atoms with Gasteiger partial charge in [-0.15, -0.1) is 0 Å². The Morgan fingerprint density at radius 2 is 1.64 bits per heavy atom. The zero-order valence-electron chi connectivity index (χ0n) is 23.9. The number of piperazine rings is 1. The fraction of sp³-hybridized carbons (Fsp3) is 0.424. The van der Waals surface area contributed by atoms with Crippen molar-refractivity contribution in [3.63, 3.8) is 0 Å². The highest BCUT2D eigenvalue weighted by Gasteiger charge is 2.26. The van der Waals surface area contributed by atoms with Gasteiger partial charge in [0.15, 0.2) is 0 Å². The molecule has 2 aromatic carbocycles. The van der Waals surface area contributed by atoms with Gasteiger partial charge in [0.05, 0.1) is 11.3 Å². The number of carbonyl (C=O) groups excluding carboxylic acids is 1. The van der Waals surface area contributed by atoms with Gasteiger partial charge in [-0.2, -0.15) is 5.26 Å². The van der Waals surface area contributed by atoms with Crippen LogP contribution in [0.5, 0.6) is 0 Å². The number of rotatable bonds is 5. The summed E-state index contributed by atoms with van der Waals surface area (Å²) in [7, 11) is 0. The van der Waals surface area contributed by atoms with E-state index in [0.717, 1.165) is 92.4 Å². The molecule has 5 rings (SSSR count). The molecule has 0 radical (unpaired) electrons. The van der Waals surface area contributed by atoms with E-state index < -0.39 is 0 Å². The van der Waals surface area contributed by atoms with Crippen molar-refractivity contribution >= 4 is 11.6 Å². The maximum absolute atomic E-state index is 13.5. The smallest absolute Gasteiger partial charge is 0.254 e. The molecule has 0 unspecified atom stereocenters. The Kier molecular flexibility index (Phi) is 9.73. The van der Waals surface area contributed by atoms with E-state index >= 15 is 0 Å². The second kappa shape index (κ2) is 13.4. The molecule has 6 nitrogen and oxygen atoms in total. The van der Waals surface area contributed by atoms with Crippen molar-refractivity contribution < 1.29 is 4.79 Å². The van der Waals surface area contributed by atoms with Gasteiger partial charge < -0.3 is 9.80 Å². The number of hydrogen-bond acceptors (Lipinski definition) is 5. The molecule has 0 atom stereocenters. The second-order valence-electron chi connectivity index (χ2n) is 10.3. The van der Waals surface area contributed by atoms with Gasteiger partial charge in [-0.3, -0.25) is 14.7 Å². The quantitative estimate of drug-likeness (QED) is 0.414. The number of anilines is 1. The van der Waals surface area contributed by atoms with Crippen molar-refractivity contribution in [3.05, 3.63) is 94.3 Å². The number of aryl methyl sites for hydroxylation is 2. The summed E-state index contributed by atoms with van der Waals surface area (Å²) >= 11 is 0. The first-order valence-corrected chi connectivity index (χ1v) is 14.3. The van der Waals surface area contributed by atoms with Crippen molar-refractivity contribution in [2.24, 2.45) is 0 Å². The van der Waals surface area contributed by atoms with Crippen LogP contribution in [0.25, 0.3) is 0 Å². The summed E-state index contributed by atoms with van der Waals surface area (Å²) in [6.07, 6.45) is 1.92. The van der Waals surface area contributed by atoms with Gasteiger partial charge in [-0.25, -0.2) is 0 Å². The standard InChI is InChI=1S/C31H35N5O.C2H6/c1-23-10-11-25(22-34-16-18-35(19-17-34)30-9-4-3-7-27(30)21-32)20-28(23)31(37)36-14-12-26(13-15-36)29-8-5-6-24(2)33-29;1-2/h3-11,20,26H,12-19,22H2,1-2H3;1-2H3. The highest BCUT2D eigenvalue weighted by atomic mass is 16.2. The van der Waals surface area contributed by atoms with Gasteiger partial charge in [-0.05, 0) is 68.1 Å². The summed E-state index contributed by atoms with van der Waals surface area (Å²) in [5, 5.41) is 9.44. The Hall–Kier alpha value is -3.69. The van der Waals surface area contributed by atoms with Gasteiger partial charge >= 0.3 is 0 Å². The van der Waals surface area contributed by atoms with Crippen molar-refractivity contribution in [3.8, 4) is 6.07 Å². The number of aromatic nitrogens is 1. The number of carbonyl (C=O) groups is 1.